The SMILES string of the molecule is CCN1C(SCC2=C(C(=O)O)N3C(=O)C(NC(=O)C(=NOC(C)(C)C(=O)O)c4csc(N)n4)[C@@H]3SC2)=NC(=N)CC1N. The number of aromatic nitrogens is 1. The highest BCUT2D eigenvalue weighted by Gasteiger charge is 2.54. The number of amidine groups is 2. The van der Waals surface area contributed by atoms with Gasteiger partial charge in [-0.1, -0.05) is 16.9 Å². The van der Waals surface area contributed by atoms with E-state index in [1.807, 2.05) is 11.8 Å². The Hall–Kier alpha value is -3.68. The predicted octanol–water partition coefficient (Wildman–Crippen LogP) is 0.125. The van der Waals surface area contributed by atoms with E-state index < -0.39 is 52.6 Å². The highest BCUT2D eigenvalue weighted by atomic mass is 32.2. The van der Waals surface area contributed by atoms with Crippen molar-refractivity contribution in [3.05, 3.63) is 22.3 Å². The number of fused-ring (bicyclic) bond motifs is 1. The van der Waals surface area contributed by atoms with Crippen molar-refractivity contribution in [2.24, 2.45) is 15.9 Å². The quantitative estimate of drug-likeness (QED) is 0.113. The molecule has 1 aromatic rings. The van der Waals surface area contributed by atoms with E-state index in [1.165, 1.54) is 42.8 Å². The number of carbonyl (C=O) groups excluding carboxylic acids is 2. The summed E-state index contributed by atoms with van der Waals surface area (Å²) in [7, 11) is 0. The number of aliphatic imine (C=N–C) groups is 1. The lowest BCUT2D eigenvalue weighted by molar-refractivity contribution is -0.161. The maximum absolute atomic E-state index is 13.2. The van der Waals surface area contributed by atoms with Crippen LogP contribution in [0.15, 0.2) is 26.8 Å². The van der Waals surface area contributed by atoms with Gasteiger partial charge in [0.15, 0.2) is 16.0 Å². The Kier molecular flexibility index (Phi) is 9.14. The van der Waals surface area contributed by atoms with Crippen LogP contribution in [0.2, 0.25) is 0 Å². The van der Waals surface area contributed by atoms with E-state index in [9.17, 15) is 29.4 Å². The van der Waals surface area contributed by atoms with Gasteiger partial charge in [-0.25, -0.2) is 19.6 Å². The van der Waals surface area contributed by atoms with Crippen molar-refractivity contribution >= 4 is 80.5 Å². The zero-order valence-corrected chi connectivity index (χ0v) is 25.1. The zero-order chi connectivity index (χ0) is 30.9. The van der Waals surface area contributed by atoms with Crippen LogP contribution in [-0.2, 0) is 24.0 Å². The van der Waals surface area contributed by atoms with E-state index in [0.29, 0.717) is 23.7 Å². The van der Waals surface area contributed by atoms with Gasteiger partial charge in [0.1, 0.15) is 28.6 Å². The van der Waals surface area contributed by atoms with Gasteiger partial charge < -0.3 is 36.7 Å². The van der Waals surface area contributed by atoms with E-state index in [1.54, 1.807) is 0 Å². The van der Waals surface area contributed by atoms with Gasteiger partial charge in [0.2, 0.25) is 5.60 Å². The first kappa shape index (κ1) is 31.3. The molecule has 3 aliphatic heterocycles. The largest absolute Gasteiger partial charge is 0.478 e. The molecule has 0 aliphatic carbocycles. The molecule has 2 amide bonds. The first-order chi connectivity index (χ1) is 19.7. The molecule has 4 heterocycles. The van der Waals surface area contributed by atoms with E-state index in [0.717, 1.165) is 16.2 Å². The summed E-state index contributed by atoms with van der Waals surface area (Å²) < 4.78 is 0. The fourth-order valence-electron chi connectivity index (χ4n) is 4.12. The average Bonchev–Trinajstić information content (AvgIpc) is 3.35. The number of amides is 2. The van der Waals surface area contributed by atoms with E-state index >= 15 is 0 Å². The molecular formula is C23H29N9O7S3. The Labute approximate surface area is 252 Å². The second kappa shape index (κ2) is 12.3. The summed E-state index contributed by atoms with van der Waals surface area (Å²) in [4.78, 5) is 66.5. The molecule has 16 nitrogen and oxygen atoms in total. The lowest BCUT2D eigenvalue weighted by Gasteiger charge is -2.49. The van der Waals surface area contributed by atoms with E-state index in [-0.39, 0.29) is 33.9 Å². The summed E-state index contributed by atoms with van der Waals surface area (Å²) >= 11 is 3.54. The summed E-state index contributed by atoms with van der Waals surface area (Å²) in [6, 6.07) is -1.09. The molecule has 0 aromatic carbocycles. The summed E-state index contributed by atoms with van der Waals surface area (Å²) in [6.45, 7) is 4.94. The number of carboxylic acids is 2. The molecule has 0 radical (unpaired) electrons. The second-order valence-electron chi connectivity index (χ2n) is 9.72. The predicted molar refractivity (Wildman–Crippen MR) is 158 cm³/mol. The molecule has 3 atom stereocenters. The highest BCUT2D eigenvalue weighted by Crippen LogP contribution is 2.41. The molecule has 4 rings (SSSR count). The minimum Gasteiger partial charge on any atom is -0.478 e. The summed E-state index contributed by atoms with van der Waals surface area (Å²) in [5, 5.41) is 34.9. The monoisotopic (exact) mass is 639 g/mol. The third-order valence-electron chi connectivity index (χ3n) is 6.39. The third kappa shape index (κ3) is 6.22. The standard InChI is InChI=1S/C23H29N9O7S3/c1-4-31-12(25)5-11(24)28-22(31)42-7-9-6-40-18-14(17(34)32(18)15(9)19(35)36)29-16(33)13(10-8-41-21(26)27-10)30-39-23(2,3)20(37)38/h8,12,14,18,24H,4-7,25H2,1-3H3,(H2,26,27)(H,29,33)(H,35,36)(H,37,38)/t12?,14?,18-/m0/s1. The number of carboxylic acid groups (broad SMARTS) is 2. The molecule has 19 heteroatoms. The minimum absolute atomic E-state index is 0.0149. The lowest BCUT2D eigenvalue weighted by atomic mass is 10.0. The number of rotatable bonds is 10. The van der Waals surface area contributed by atoms with Gasteiger partial charge in [0, 0.05) is 29.9 Å². The molecule has 0 spiro atoms. The van der Waals surface area contributed by atoms with Crippen LogP contribution in [0, 0.1) is 5.41 Å². The molecule has 1 aromatic heterocycles. The van der Waals surface area contributed by atoms with Crippen LogP contribution >= 0.6 is 34.9 Å². The molecule has 8 N–H and O–H groups in total. The normalized spacial score (nSPS) is 22.8. The van der Waals surface area contributed by atoms with E-state index in [4.69, 9.17) is 21.7 Å². The Morgan fingerprint density at radius 3 is 2.67 bits per heavy atom. The number of nitrogens with zero attached hydrogens (tertiary/aromatic N) is 5. The zero-order valence-electron chi connectivity index (χ0n) is 22.7. The van der Waals surface area contributed by atoms with Crippen LogP contribution in [0.3, 0.4) is 0 Å². The highest BCUT2D eigenvalue weighted by molar-refractivity contribution is 8.14. The summed E-state index contributed by atoms with van der Waals surface area (Å²) in [5.74, 6) is -3.53. The van der Waals surface area contributed by atoms with Gasteiger partial charge in [-0.05, 0) is 26.3 Å². The number of β-lactam (4-membered cyclic amide) rings is 1. The Bertz CT molecular complexity index is 1420. The molecule has 42 heavy (non-hydrogen) atoms. The van der Waals surface area contributed by atoms with Gasteiger partial charge in [0.25, 0.3) is 11.8 Å². The number of carbonyl (C=O) groups is 4. The molecular weight excluding hydrogens is 611 g/mol. The number of oxime groups is 1. The topological polar surface area (TPSA) is 250 Å². The first-order valence-electron chi connectivity index (χ1n) is 12.5. The molecule has 0 saturated carbocycles. The molecule has 2 unspecified atom stereocenters. The van der Waals surface area contributed by atoms with Crippen molar-refractivity contribution in [1.82, 2.24) is 20.1 Å². The smallest absolute Gasteiger partial charge is 0.352 e. The number of thioether (sulfide) groups is 2. The number of nitrogen functional groups attached to an aromatic ring is 1. The first-order valence-corrected chi connectivity index (χ1v) is 15.4. The molecule has 226 valence electrons. The van der Waals surface area contributed by atoms with Crippen LogP contribution < -0.4 is 16.8 Å². The van der Waals surface area contributed by atoms with Gasteiger partial charge in [0.05, 0.1) is 6.17 Å². The number of aliphatic carboxylic acids is 2. The fourth-order valence-corrected chi connectivity index (χ4v) is 7.29. The number of thiazole rings is 1. The Morgan fingerprint density at radius 2 is 2.07 bits per heavy atom. The van der Waals surface area contributed by atoms with Gasteiger partial charge in [-0.3, -0.25) is 19.9 Å². The lowest BCUT2D eigenvalue weighted by Crippen LogP contribution is -2.71. The molecule has 1 fully saturated rings. The summed E-state index contributed by atoms with van der Waals surface area (Å²) in [6.07, 6.45) is -0.101. The van der Waals surface area contributed by atoms with Gasteiger partial charge >= 0.3 is 11.9 Å². The fraction of sp³-hybridized carbons (Fsp3) is 0.478. The number of anilines is 1. The number of hydrogen-bond acceptors (Lipinski definition) is 14. The van der Waals surface area contributed by atoms with Crippen molar-refractivity contribution in [1.29, 1.82) is 5.41 Å². The maximum atomic E-state index is 13.2. The van der Waals surface area contributed by atoms with Crippen LogP contribution in [0.4, 0.5) is 5.13 Å². The number of nitrogens with one attached hydrogen (secondary N) is 2. The Morgan fingerprint density at radius 1 is 1.36 bits per heavy atom. The minimum atomic E-state index is -1.77. The Balaban J connectivity index is 1.52. The van der Waals surface area contributed by atoms with Crippen LogP contribution in [0.25, 0.3) is 0 Å². The van der Waals surface area contributed by atoms with Crippen molar-refractivity contribution in [2.45, 2.75) is 50.4 Å². The van der Waals surface area contributed by atoms with Crippen LogP contribution in [0.1, 0.15) is 32.9 Å². The van der Waals surface area contributed by atoms with Gasteiger partial charge in [-0.2, -0.15) is 0 Å². The molecule has 0 bridgehead atoms. The van der Waals surface area contributed by atoms with Crippen LogP contribution in [-0.4, -0.2) is 107 Å². The molecule has 3 aliphatic rings. The van der Waals surface area contributed by atoms with Gasteiger partial charge in [-0.15, -0.1) is 23.1 Å². The number of hydrogen-bond donors (Lipinski definition) is 6. The van der Waals surface area contributed by atoms with Crippen molar-refractivity contribution in [3.8, 4) is 0 Å². The second-order valence-corrected chi connectivity index (χ2v) is 12.7. The maximum Gasteiger partial charge on any atom is 0.352 e. The third-order valence-corrected chi connectivity index (χ3v) is 9.48. The average molecular weight is 640 g/mol. The van der Waals surface area contributed by atoms with Crippen molar-refractivity contribution < 1.29 is 34.2 Å². The molecule has 1 saturated heterocycles. The summed E-state index contributed by atoms with van der Waals surface area (Å²) in [5.41, 5.74) is 9.98. The van der Waals surface area contributed by atoms with Crippen molar-refractivity contribution in [3.63, 3.8) is 0 Å². The van der Waals surface area contributed by atoms with Crippen LogP contribution in [0.5, 0.6) is 0 Å². The van der Waals surface area contributed by atoms with E-state index in [2.05, 4.69) is 20.4 Å². The van der Waals surface area contributed by atoms with Crippen molar-refractivity contribution in [2.75, 3.05) is 23.8 Å². The number of nitrogens with two attached hydrogens (primary N) is 2.